The van der Waals surface area contributed by atoms with E-state index >= 15 is 0 Å². The van der Waals surface area contributed by atoms with Crippen LogP contribution in [0.25, 0.3) is 0 Å². The van der Waals surface area contributed by atoms with E-state index in [4.69, 9.17) is 15.9 Å². The van der Waals surface area contributed by atoms with E-state index in [9.17, 15) is 8.42 Å². The number of nitrogens with two attached hydrogens (primary N) is 1. The first kappa shape index (κ1) is 15.9. The summed E-state index contributed by atoms with van der Waals surface area (Å²) in [6, 6.07) is 2.86. The van der Waals surface area contributed by atoms with E-state index in [0.717, 1.165) is 11.1 Å². The van der Waals surface area contributed by atoms with Crippen LogP contribution in [0.15, 0.2) is 17.0 Å². The van der Waals surface area contributed by atoms with Crippen LogP contribution in [0, 0.1) is 13.8 Å². The van der Waals surface area contributed by atoms with Crippen LogP contribution < -0.4 is 10.5 Å². The second-order valence-electron chi connectivity index (χ2n) is 4.94. The molecule has 0 saturated carbocycles. The van der Waals surface area contributed by atoms with E-state index in [1.807, 2.05) is 0 Å². The quantitative estimate of drug-likeness (QED) is 0.566. The van der Waals surface area contributed by atoms with Crippen molar-refractivity contribution in [1.82, 2.24) is 4.72 Å². The lowest BCUT2D eigenvalue weighted by atomic mass is 10.1. The smallest absolute Gasteiger partial charge is 0.241 e. The van der Waals surface area contributed by atoms with Crippen LogP contribution in [0.4, 0.5) is 5.69 Å². The van der Waals surface area contributed by atoms with Crippen LogP contribution in [0.3, 0.4) is 0 Å². The summed E-state index contributed by atoms with van der Waals surface area (Å²) in [4.78, 5) is 0.0150. The maximum atomic E-state index is 12.2. The normalized spacial score (nSPS) is 12.7. The van der Waals surface area contributed by atoms with Crippen molar-refractivity contribution in [2.75, 3.05) is 18.9 Å². The Hall–Kier alpha value is -1.15. The Labute approximate surface area is 113 Å². The molecule has 1 aromatic carbocycles. The number of benzene rings is 1. The summed E-state index contributed by atoms with van der Waals surface area (Å²) in [6.45, 7) is 3.96. The molecule has 0 atom stereocenters. The number of nitrogens with one attached hydrogen (secondary N) is 1. The monoisotopic (exact) mass is 288 g/mol. The fourth-order valence-corrected chi connectivity index (χ4v) is 3.02. The Balaban J connectivity index is 3.22. The molecule has 19 heavy (non-hydrogen) atoms. The lowest BCUT2D eigenvalue weighted by Gasteiger charge is -2.26. The molecule has 0 aliphatic heterocycles. The third-order valence-corrected chi connectivity index (χ3v) is 4.69. The van der Waals surface area contributed by atoms with E-state index in [2.05, 4.69) is 4.72 Å². The van der Waals surface area contributed by atoms with Crippen molar-refractivity contribution in [2.45, 2.75) is 31.2 Å². The largest absolute Gasteiger partial charge is 0.398 e. The summed E-state index contributed by atoms with van der Waals surface area (Å²) < 4.78 is 26.7. The average molecular weight is 288 g/mol. The van der Waals surface area contributed by atoms with Gasteiger partial charge in [-0.3, -0.25) is 0 Å². The van der Waals surface area contributed by atoms with Crippen LogP contribution in [0.5, 0.6) is 0 Å². The van der Waals surface area contributed by atoms with Gasteiger partial charge in [0.25, 0.3) is 0 Å². The number of hydrogen-bond donors (Lipinski definition) is 4. The number of hydrogen-bond acceptors (Lipinski definition) is 5. The number of aryl methyl sites for hydroxylation is 1. The molecule has 5 N–H and O–H groups in total. The second-order valence-corrected chi connectivity index (χ2v) is 6.62. The van der Waals surface area contributed by atoms with E-state index in [1.165, 1.54) is 19.1 Å². The fourth-order valence-electron chi connectivity index (χ4n) is 1.51. The van der Waals surface area contributed by atoms with Crippen molar-refractivity contribution in [3.63, 3.8) is 0 Å². The number of aliphatic hydroxyl groups excluding tert-OH is 2. The first-order valence-corrected chi connectivity index (χ1v) is 7.26. The Morgan fingerprint density at radius 1 is 1.26 bits per heavy atom. The molecule has 0 radical (unpaired) electrons. The summed E-state index contributed by atoms with van der Waals surface area (Å²) in [5.41, 5.74) is 6.41. The lowest BCUT2D eigenvalue weighted by molar-refractivity contribution is 0.122. The van der Waals surface area contributed by atoms with Crippen molar-refractivity contribution in [3.8, 4) is 0 Å². The molecular weight excluding hydrogens is 268 g/mol. The number of sulfonamides is 1. The Morgan fingerprint density at radius 3 is 2.21 bits per heavy atom. The fraction of sp³-hybridized carbons (Fsp3) is 0.500. The number of anilines is 1. The first-order chi connectivity index (χ1) is 8.65. The van der Waals surface area contributed by atoms with Gasteiger partial charge in [-0.15, -0.1) is 0 Å². The zero-order chi connectivity index (χ0) is 14.8. The predicted octanol–water partition coefficient (Wildman–Crippen LogP) is -0.0928. The zero-order valence-corrected chi connectivity index (χ0v) is 12.1. The van der Waals surface area contributed by atoms with Crippen LogP contribution in [0.2, 0.25) is 0 Å². The number of rotatable bonds is 5. The van der Waals surface area contributed by atoms with Gasteiger partial charge >= 0.3 is 0 Å². The molecule has 0 amide bonds. The van der Waals surface area contributed by atoms with Crippen molar-refractivity contribution < 1.29 is 18.6 Å². The molecule has 1 aromatic rings. The van der Waals surface area contributed by atoms with Gasteiger partial charge in [-0.1, -0.05) is 0 Å². The summed E-state index contributed by atoms with van der Waals surface area (Å²) in [5.74, 6) is 0. The molecular formula is C12H20N2O4S. The minimum Gasteiger partial charge on any atom is -0.398 e. The molecule has 0 aliphatic carbocycles. The summed E-state index contributed by atoms with van der Waals surface area (Å²) in [6.07, 6.45) is 0. The molecule has 1 rings (SSSR count). The number of nitrogen functional groups attached to an aromatic ring is 1. The van der Waals surface area contributed by atoms with Gasteiger partial charge in [-0.2, -0.15) is 0 Å². The summed E-state index contributed by atoms with van der Waals surface area (Å²) >= 11 is 0. The SMILES string of the molecule is Cc1cc(S(=O)(=O)NC(C)(CO)CO)cc(N)c1C. The minimum absolute atomic E-state index is 0.0150. The Bertz CT molecular complexity index is 542. The van der Waals surface area contributed by atoms with Gasteiger partial charge in [0.05, 0.1) is 23.6 Å². The van der Waals surface area contributed by atoms with Gasteiger partial charge in [0.15, 0.2) is 0 Å². The summed E-state index contributed by atoms with van der Waals surface area (Å²) in [7, 11) is -3.85. The van der Waals surface area contributed by atoms with Gasteiger partial charge in [-0.25, -0.2) is 13.1 Å². The highest BCUT2D eigenvalue weighted by molar-refractivity contribution is 7.89. The molecule has 0 heterocycles. The average Bonchev–Trinajstić information content (AvgIpc) is 2.34. The zero-order valence-electron chi connectivity index (χ0n) is 11.3. The van der Waals surface area contributed by atoms with Gasteiger partial charge in [0.2, 0.25) is 10.0 Å². The third-order valence-electron chi connectivity index (χ3n) is 3.07. The lowest BCUT2D eigenvalue weighted by Crippen LogP contribution is -2.51. The standard InChI is InChI=1S/C12H20N2O4S/c1-8-4-10(5-11(13)9(8)2)19(17,18)14-12(3,6-15)7-16/h4-5,14-16H,6-7,13H2,1-3H3. The second kappa shape index (κ2) is 5.46. The van der Waals surface area contributed by atoms with Crippen LogP contribution in [-0.2, 0) is 10.0 Å². The van der Waals surface area contributed by atoms with E-state index in [0.29, 0.717) is 5.69 Å². The van der Waals surface area contributed by atoms with Crippen molar-refractivity contribution in [3.05, 3.63) is 23.3 Å². The van der Waals surface area contributed by atoms with Crippen LogP contribution >= 0.6 is 0 Å². The molecule has 0 aromatic heterocycles. The molecule has 108 valence electrons. The molecule has 7 heteroatoms. The van der Waals surface area contributed by atoms with Gasteiger partial charge in [-0.05, 0) is 44.0 Å². The molecule has 6 nitrogen and oxygen atoms in total. The highest BCUT2D eigenvalue weighted by atomic mass is 32.2. The first-order valence-electron chi connectivity index (χ1n) is 5.77. The van der Waals surface area contributed by atoms with E-state index in [1.54, 1.807) is 13.8 Å². The maximum Gasteiger partial charge on any atom is 0.241 e. The minimum atomic E-state index is -3.85. The highest BCUT2D eigenvalue weighted by Crippen LogP contribution is 2.22. The van der Waals surface area contributed by atoms with Crippen molar-refractivity contribution in [1.29, 1.82) is 0 Å². The van der Waals surface area contributed by atoms with Gasteiger partial charge in [0, 0.05) is 5.69 Å². The van der Waals surface area contributed by atoms with Gasteiger partial charge in [0.1, 0.15) is 0 Å². The van der Waals surface area contributed by atoms with E-state index < -0.39 is 28.8 Å². The van der Waals surface area contributed by atoms with Crippen molar-refractivity contribution in [2.24, 2.45) is 0 Å². The molecule has 0 aliphatic rings. The molecule has 0 bridgehead atoms. The predicted molar refractivity (Wildman–Crippen MR) is 73.2 cm³/mol. The topological polar surface area (TPSA) is 113 Å². The molecule has 0 saturated heterocycles. The van der Waals surface area contributed by atoms with E-state index in [-0.39, 0.29) is 4.90 Å². The molecule has 0 unspecified atom stereocenters. The summed E-state index contributed by atoms with van der Waals surface area (Å²) in [5, 5.41) is 18.3. The van der Waals surface area contributed by atoms with Gasteiger partial charge < -0.3 is 15.9 Å². The Kier molecular flexibility index (Phi) is 4.57. The third kappa shape index (κ3) is 3.44. The van der Waals surface area contributed by atoms with Crippen LogP contribution in [-0.4, -0.2) is 37.4 Å². The van der Waals surface area contributed by atoms with Crippen molar-refractivity contribution >= 4 is 15.7 Å². The highest BCUT2D eigenvalue weighted by Gasteiger charge is 2.29. The molecule has 0 spiro atoms. The maximum absolute atomic E-state index is 12.2. The molecule has 0 fully saturated rings. The van der Waals surface area contributed by atoms with Crippen LogP contribution in [0.1, 0.15) is 18.1 Å². The number of aliphatic hydroxyl groups is 2. The Morgan fingerprint density at radius 2 is 1.79 bits per heavy atom.